The van der Waals surface area contributed by atoms with Gasteiger partial charge in [-0.05, 0) is 19.4 Å². The highest BCUT2D eigenvalue weighted by atomic mass is 16.5. The van der Waals surface area contributed by atoms with E-state index in [-0.39, 0.29) is 18.4 Å². The summed E-state index contributed by atoms with van der Waals surface area (Å²) in [6.07, 6.45) is 1.88. The molecule has 2 aliphatic rings. The molecule has 2 atom stereocenters. The van der Waals surface area contributed by atoms with E-state index in [1.165, 1.54) is 6.26 Å². The molecule has 0 bridgehead atoms. The highest BCUT2D eigenvalue weighted by molar-refractivity contribution is 5.95. The summed E-state index contributed by atoms with van der Waals surface area (Å²) in [6, 6.07) is 1.67. The van der Waals surface area contributed by atoms with Crippen molar-refractivity contribution < 1.29 is 23.8 Å². The first-order valence-electron chi connectivity index (χ1n) is 6.68. The number of furan rings is 1. The molecule has 0 aliphatic carbocycles. The average molecular weight is 279 g/mol. The van der Waals surface area contributed by atoms with Crippen LogP contribution in [0, 0.1) is 18.3 Å². The Morgan fingerprint density at radius 1 is 1.50 bits per heavy atom. The van der Waals surface area contributed by atoms with Gasteiger partial charge in [-0.2, -0.15) is 0 Å². The molecule has 2 saturated heterocycles. The van der Waals surface area contributed by atoms with Crippen LogP contribution in [0.4, 0.5) is 0 Å². The summed E-state index contributed by atoms with van der Waals surface area (Å²) in [5.41, 5.74) is -0.380. The van der Waals surface area contributed by atoms with Crippen LogP contribution in [0.1, 0.15) is 22.5 Å². The van der Waals surface area contributed by atoms with Gasteiger partial charge in [0.1, 0.15) is 12.0 Å². The molecule has 6 heteroatoms. The number of ether oxygens (including phenoxy) is 1. The number of nitrogens with zero attached hydrogens (tertiary/aromatic N) is 1. The minimum Gasteiger partial charge on any atom is -0.481 e. The van der Waals surface area contributed by atoms with Gasteiger partial charge in [0.2, 0.25) is 0 Å². The van der Waals surface area contributed by atoms with Crippen LogP contribution in [-0.4, -0.2) is 48.2 Å². The van der Waals surface area contributed by atoms with Crippen molar-refractivity contribution in [2.45, 2.75) is 13.3 Å². The van der Waals surface area contributed by atoms with Crippen molar-refractivity contribution in [3.05, 3.63) is 23.7 Å². The van der Waals surface area contributed by atoms with Crippen molar-refractivity contribution in [2.24, 2.45) is 11.3 Å². The number of carboxylic acid groups (broad SMARTS) is 1. The highest BCUT2D eigenvalue weighted by Gasteiger charge is 2.55. The summed E-state index contributed by atoms with van der Waals surface area (Å²) in [5.74, 6) is -0.465. The fourth-order valence-corrected chi connectivity index (χ4v) is 3.19. The molecule has 20 heavy (non-hydrogen) atoms. The summed E-state index contributed by atoms with van der Waals surface area (Å²) in [7, 11) is 0. The standard InChI is InChI=1S/C14H17NO5/c1-9-4-10(6-20-9)12(16)15-5-11-7-19-3-2-14(11,8-15)13(17)18/h4,6,11H,2-3,5,7-8H2,1H3,(H,17,18)/t11-,14+/m0/s1. The van der Waals surface area contributed by atoms with Crippen LogP contribution in [-0.2, 0) is 9.53 Å². The van der Waals surface area contributed by atoms with Gasteiger partial charge in [0.15, 0.2) is 0 Å². The Kier molecular flexibility index (Phi) is 3.05. The summed E-state index contributed by atoms with van der Waals surface area (Å²) in [4.78, 5) is 25.7. The van der Waals surface area contributed by atoms with E-state index in [9.17, 15) is 14.7 Å². The lowest BCUT2D eigenvalue weighted by molar-refractivity contribution is -0.157. The Morgan fingerprint density at radius 3 is 2.90 bits per heavy atom. The first kappa shape index (κ1) is 13.2. The normalized spacial score (nSPS) is 29.2. The molecule has 108 valence electrons. The third-order valence-corrected chi connectivity index (χ3v) is 4.40. The largest absolute Gasteiger partial charge is 0.481 e. The average Bonchev–Trinajstić information content (AvgIpc) is 3.02. The Balaban J connectivity index is 1.84. The van der Waals surface area contributed by atoms with Crippen molar-refractivity contribution in [3.63, 3.8) is 0 Å². The third-order valence-electron chi connectivity index (χ3n) is 4.40. The fourth-order valence-electron chi connectivity index (χ4n) is 3.19. The number of rotatable bonds is 2. The van der Waals surface area contributed by atoms with Crippen molar-refractivity contribution >= 4 is 11.9 Å². The van der Waals surface area contributed by atoms with Crippen LogP contribution in [0.2, 0.25) is 0 Å². The lowest BCUT2D eigenvalue weighted by Gasteiger charge is -2.33. The van der Waals surface area contributed by atoms with E-state index in [1.807, 2.05) is 0 Å². The lowest BCUT2D eigenvalue weighted by atomic mass is 9.74. The monoisotopic (exact) mass is 279 g/mol. The van der Waals surface area contributed by atoms with Crippen LogP contribution in [0.25, 0.3) is 0 Å². The van der Waals surface area contributed by atoms with E-state index in [0.29, 0.717) is 37.5 Å². The zero-order chi connectivity index (χ0) is 14.3. The zero-order valence-electron chi connectivity index (χ0n) is 11.3. The van der Waals surface area contributed by atoms with E-state index in [4.69, 9.17) is 9.15 Å². The van der Waals surface area contributed by atoms with Crippen molar-refractivity contribution in [1.29, 1.82) is 0 Å². The van der Waals surface area contributed by atoms with Crippen LogP contribution >= 0.6 is 0 Å². The fraction of sp³-hybridized carbons (Fsp3) is 0.571. The minimum absolute atomic E-state index is 0.134. The quantitative estimate of drug-likeness (QED) is 0.878. The van der Waals surface area contributed by atoms with E-state index in [0.717, 1.165) is 0 Å². The number of amides is 1. The van der Waals surface area contributed by atoms with Gasteiger partial charge in [0, 0.05) is 25.6 Å². The number of aryl methyl sites for hydroxylation is 1. The van der Waals surface area contributed by atoms with Crippen LogP contribution in [0.5, 0.6) is 0 Å². The van der Waals surface area contributed by atoms with Crippen LogP contribution in [0.3, 0.4) is 0 Å². The summed E-state index contributed by atoms with van der Waals surface area (Å²) in [5, 5.41) is 9.56. The Hall–Kier alpha value is -1.82. The number of carbonyl (C=O) groups excluding carboxylic acids is 1. The third kappa shape index (κ3) is 1.91. The van der Waals surface area contributed by atoms with Gasteiger partial charge in [-0.15, -0.1) is 0 Å². The molecule has 1 aromatic heterocycles. The molecule has 6 nitrogen and oxygen atoms in total. The molecular weight excluding hydrogens is 262 g/mol. The second-order valence-electron chi connectivity index (χ2n) is 5.61. The van der Waals surface area contributed by atoms with E-state index in [1.54, 1.807) is 17.9 Å². The maximum atomic E-state index is 12.4. The molecule has 1 aromatic rings. The molecule has 2 fully saturated rings. The second-order valence-corrected chi connectivity index (χ2v) is 5.61. The number of carboxylic acids is 1. The van der Waals surface area contributed by atoms with Gasteiger partial charge in [-0.3, -0.25) is 9.59 Å². The van der Waals surface area contributed by atoms with Gasteiger partial charge in [-0.25, -0.2) is 0 Å². The van der Waals surface area contributed by atoms with Gasteiger partial charge < -0.3 is 19.2 Å². The summed E-state index contributed by atoms with van der Waals surface area (Å²) >= 11 is 0. The van der Waals surface area contributed by atoms with Crippen molar-refractivity contribution in [3.8, 4) is 0 Å². The minimum atomic E-state index is -0.854. The Morgan fingerprint density at radius 2 is 2.30 bits per heavy atom. The zero-order valence-corrected chi connectivity index (χ0v) is 11.3. The van der Waals surface area contributed by atoms with Crippen molar-refractivity contribution in [1.82, 2.24) is 4.90 Å². The molecule has 0 saturated carbocycles. The number of carbonyl (C=O) groups is 2. The molecule has 0 unspecified atom stereocenters. The molecular formula is C14H17NO5. The number of fused-ring (bicyclic) bond motifs is 1. The van der Waals surface area contributed by atoms with Crippen LogP contribution < -0.4 is 0 Å². The van der Waals surface area contributed by atoms with Gasteiger partial charge in [-0.1, -0.05) is 0 Å². The summed E-state index contributed by atoms with van der Waals surface area (Å²) in [6.45, 7) is 3.29. The van der Waals surface area contributed by atoms with Crippen molar-refractivity contribution in [2.75, 3.05) is 26.3 Å². The lowest BCUT2D eigenvalue weighted by Crippen LogP contribution is -2.45. The molecule has 3 heterocycles. The first-order valence-corrected chi connectivity index (χ1v) is 6.68. The van der Waals surface area contributed by atoms with Gasteiger partial charge >= 0.3 is 5.97 Å². The Bertz CT molecular complexity index is 552. The number of hydrogen-bond acceptors (Lipinski definition) is 4. The first-order chi connectivity index (χ1) is 9.53. The molecule has 0 aromatic carbocycles. The topological polar surface area (TPSA) is 80.0 Å². The van der Waals surface area contributed by atoms with Crippen LogP contribution in [0.15, 0.2) is 16.7 Å². The molecule has 0 radical (unpaired) electrons. The van der Waals surface area contributed by atoms with E-state index < -0.39 is 11.4 Å². The predicted octanol–water partition coefficient (Wildman–Crippen LogP) is 1.15. The highest BCUT2D eigenvalue weighted by Crippen LogP contribution is 2.42. The smallest absolute Gasteiger partial charge is 0.311 e. The molecule has 1 N–H and O–H groups in total. The molecule has 0 spiro atoms. The summed E-state index contributed by atoms with van der Waals surface area (Å²) < 4.78 is 10.5. The van der Waals surface area contributed by atoms with Gasteiger partial charge in [0.05, 0.1) is 17.6 Å². The molecule has 3 rings (SSSR count). The Labute approximate surface area is 116 Å². The molecule has 1 amide bonds. The predicted molar refractivity (Wildman–Crippen MR) is 68.3 cm³/mol. The molecule has 2 aliphatic heterocycles. The maximum Gasteiger partial charge on any atom is 0.311 e. The van der Waals surface area contributed by atoms with Gasteiger partial charge in [0.25, 0.3) is 5.91 Å². The SMILES string of the molecule is Cc1cc(C(=O)N2C[C@H]3COCC[C@@]3(C(=O)O)C2)co1. The van der Waals surface area contributed by atoms with E-state index >= 15 is 0 Å². The second kappa shape index (κ2) is 4.63. The number of hydrogen-bond donors (Lipinski definition) is 1. The number of likely N-dealkylation sites (tertiary alicyclic amines) is 1. The maximum absolute atomic E-state index is 12.4. The number of aliphatic carboxylic acids is 1. The van der Waals surface area contributed by atoms with E-state index in [2.05, 4.69) is 0 Å².